The monoisotopic (exact) mass is 379 g/mol. The number of benzene rings is 1. The van der Waals surface area contributed by atoms with Gasteiger partial charge in [-0.25, -0.2) is 0 Å². The lowest BCUT2D eigenvalue weighted by atomic mass is 9.70. The molecule has 2 aliphatic rings. The molecule has 2 N–H and O–H groups in total. The summed E-state index contributed by atoms with van der Waals surface area (Å²) in [6.07, 6.45) is 6.16. The van der Waals surface area contributed by atoms with Crippen molar-refractivity contribution in [3.8, 4) is 0 Å². The van der Waals surface area contributed by atoms with Gasteiger partial charge >= 0.3 is 0 Å². The maximum atomic E-state index is 3.93. The van der Waals surface area contributed by atoms with Crippen molar-refractivity contribution >= 4 is 22.2 Å². The van der Waals surface area contributed by atoms with Gasteiger partial charge in [-0.15, -0.1) is 11.3 Å². The summed E-state index contributed by atoms with van der Waals surface area (Å²) in [6, 6.07) is 13.9. The topological polar surface area (TPSA) is 31.1 Å². The van der Waals surface area contributed by atoms with Gasteiger partial charge in [0.05, 0.1) is 5.54 Å². The van der Waals surface area contributed by atoms with E-state index in [9.17, 15) is 0 Å². The largest absolute Gasteiger partial charge is 0.357 e. The molecule has 0 radical (unpaired) electrons. The quantitative estimate of drug-likeness (QED) is 0.666. The molecular formula is C23H29N3S. The van der Waals surface area contributed by atoms with E-state index in [1.807, 2.05) is 11.3 Å². The summed E-state index contributed by atoms with van der Waals surface area (Å²) in [5.74, 6) is 0.737. The van der Waals surface area contributed by atoms with E-state index < -0.39 is 0 Å². The van der Waals surface area contributed by atoms with Gasteiger partial charge < -0.3 is 15.2 Å². The molecule has 1 aliphatic heterocycles. The van der Waals surface area contributed by atoms with E-state index in [4.69, 9.17) is 0 Å². The smallest absolute Gasteiger partial charge is 0.0590 e. The molecule has 1 unspecified atom stereocenters. The molecule has 1 aromatic carbocycles. The van der Waals surface area contributed by atoms with E-state index in [-0.39, 0.29) is 5.54 Å². The summed E-state index contributed by atoms with van der Waals surface area (Å²) >= 11 is 1.91. The van der Waals surface area contributed by atoms with Gasteiger partial charge in [-0.1, -0.05) is 24.3 Å². The van der Waals surface area contributed by atoms with Gasteiger partial charge in [0, 0.05) is 34.1 Å². The van der Waals surface area contributed by atoms with Crippen molar-refractivity contribution in [2.75, 3.05) is 20.6 Å². The van der Waals surface area contributed by atoms with E-state index in [0.717, 1.165) is 18.9 Å². The molecule has 1 aliphatic carbocycles. The normalized spacial score (nSPS) is 26.6. The molecule has 5 rings (SSSR count). The summed E-state index contributed by atoms with van der Waals surface area (Å²) in [6.45, 7) is 1.10. The highest BCUT2D eigenvalue weighted by Gasteiger charge is 2.43. The van der Waals surface area contributed by atoms with Crippen molar-refractivity contribution in [1.29, 1.82) is 0 Å². The zero-order valence-electron chi connectivity index (χ0n) is 16.3. The Labute approximate surface area is 165 Å². The highest BCUT2D eigenvalue weighted by atomic mass is 32.1. The third-order valence-corrected chi connectivity index (χ3v) is 7.79. The molecule has 3 heterocycles. The van der Waals surface area contributed by atoms with E-state index in [1.165, 1.54) is 47.2 Å². The van der Waals surface area contributed by atoms with Crippen molar-refractivity contribution in [1.82, 2.24) is 15.2 Å². The predicted molar refractivity (Wildman–Crippen MR) is 114 cm³/mol. The molecule has 0 saturated heterocycles. The molecule has 3 aromatic rings. The van der Waals surface area contributed by atoms with Crippen LogP contribution >= 0.6 is 11.3 Å². The van der Waals surface area contributed by atoms with Crippen LogP contribution in [0.5, 0.6) is 0 Å². The first kappa shape index (κ1) is 17.5. The van der Waals surface area contributed by atoms with Gasteiger partial charge in [0.15, 0.2) is 0 Å². The van der Waals surface area contributed by atoms with Gasteiger partial charge in [-0.2, -0.15) is 0 Å². The van der Waals surface area contributed by atoms with Crippen LogP contribution in [0.4, 0.5) is 0 Å². The summed E-state index contributed by atoms with van der Waals surface area (Å²) in [7, 11) is 4.48. The fourth-order valence-corrected chi connectivity index (χ4v) is 6.64. The maximum Gasteiger partial charge on any atom is 0.0590 e. The number of rotatable bonds is 3. The number of fused-ring (bicyclic) bond motifs is 4. The molecule has 0 amide bonds. The second-order valence-electron chi connectivity index (χ2n) is 8.54. The Hall–Kier alpha value is -1.62. The van der Waals surface area contributed by atoms with Crippen molar-refractivity contribution in [3.63, 3.8) is 0 Å². The highest BCUT2D eigenvalue weighted by Crippen LogP contribution is 2.48. The van der Waals surface area contributed by atoms with Gasteiger partial charge in [0.1, 0.15) is 0 Å². The molecule has 1 atom stereocenters. The van der Waals surface area contributed by atoms with E-state index >= 15 is 0 Å². The Balaban J connectivity index is 1.44. The van der Waals surface area contributed by atoms with Crippen molar-refractivity contribution in [3.05, 3.63) is 57.9 Å². The van der Waals surface area contributed by atoms with Crippen LogP contribution in [0.15, 0.2) is 41.8 Å². The lowest BCUT2D eigenvalue weighted by molar-refractivity contribution is 0.114. The number of nitrogens with one attached hydrogen (secondary N) is 2. The Morgan fingerprint density at radius 1 is 1.11 bits per heavy atom. The minimum Gasteiger partial charge on any atom is -0.357 e. The minimum atomic E-state index is 0.148. The van der Waals surface area contributed by atoms with E-state index in [0.29, 0.717) is 6.04 Å². The number of aromatic amines is 1. The average molecular weight is 380 g/mol. The molecule has 1 fully saturated rings. The maximum absolute atomic E-state index is 3.93. The molecule has 2 aromatic heterocycles. The Morgan fingerprint density at radius 2 is 1.93 bits per heavy atom. The fraction of sp³-hybridized carbons (Fsp3) is 0.478. The molecule has 4 heteroatoms. The standard InChI is InChI=1S/C23H29N3S/c1-26(2)21(20-8-5-15-27-20)16-9-12-23(13-10-16)22-18(11-14-24-23)17-6-3-4-7-19(17)25-22/h3-8,15-16,21,24-25H,9-14H2,1-2H3. The number of aromatic nitrogens is 1. The third-order valence-electron chi connectivity index (χ3n) is 6.85. The minimum absolute atomic E-state index is 0.148. The average Bonchev–Trinajstić information content (AvgIpc) is 3.32. The Kier molecular flexibility index (Phi) is 4.38. The zero-order chi connectivity index (χ0) is 18.4. The van der Waals surface area contributed by atoms with Crippen molar-refractivity contribution in [2.45, 2.75) is 43.7 Å². The summed E-state index contributed by atoms with van der Waals surface area (Å²) < 4.78 is 0. The summed E-state index contributed by atoms with van der Waals surface area (Å²) in [5.41, 5.74) is 4.49. The van der Waals surface area contributed by atoms with Crippen LogP contribution in [-0.2, 0) is 12.0 Å². The van der Waals surface area contributed by atoms with E-state index in [2.05, 4.69) is 71.1 Å². The molecule has 27 heavy (non-hydrogen) atoms. The zero-order valence-corrected chi connectivity index (χ0v) is 17.1. The van der Waals surface area contributed by atoms with Crippen molar-refractivity contribution in [2.24, 2.45) is 5.92 Å². The third kappa shape index (κ3) is 2.86. The molecular weight excluding hydrogens is 350 g/mol. The molecule has 3 nitrogen and oxygen atoms in total. The van der Waals surface area contributed by atoms with Gasteiger partial charge in [-0.3, -0.25) is 0 Å². The molecule has 0 bridgehead atoms. The van der Waals surface area contributed by atoms with Crippen LogP contribution < -0.4 is 5.32 Å². The lowest BCUT2D eigenvalue weighted by Crippen LogP contribution is -2.50. The molecule has 1 spiro atoms. The van der Waals surface area contributed by atoms with Crippen LogP contribution in [0.3, 0.4) is 0 Å². The van der Waals surface area contributed by atoms with Crippen LogP contribution in [0, 0.1) is 5.92 Å². The summed E-state index contributed by atoms with van der Waals surface area (Å²) in [5, 5.41) is 7.58. The van der Waals surface area contributed by atoms with Crippen LogP contribution in [0.1, 0.15) is 47.9 Å². The van der Waals surface area contributed by atoms with Crippen LogP contribution in [-0.4, -0.2) is 30.5 Å². The Morgan fingerprint density at radius 3 is 2.67 bits per heavy atom. The Bertz CT molecular complexity index is 916. The molecule has 142 valence electrons. The first-order valence-corrected chi connectivity index (χ1v) is 11.1. The fourth-order valence-electron chi connectivity index (χ4n) is 5.63. The van der Waals surface area contributed by atoms with Gasteiger partial charge in [-0.05, 0) is 75.2 Å². The predicted octanol–water partition coefficient (Wildman–Crippen LogP) is 5.06. The van der Waals surface area contributed by atoms with Crippen molar-refractivity contribution < 1.29 is 0 Å². The number of hydrogen-bond donors (Lipinski definition) is 2. The second kappa shape index (κ2) is 6.77. The first-order valence-electron chi connectivity index (χ1n) is 10.2. The van der Waals surface area contributed by atoms with Crippen LogP contribution in [0.2, 0.25) is 0 Å². The van der Waals surface area contributed by atoms with Gasteiger partial charge in [0.25, 0.3) is 0 Å². The number of nitrogens with zero attached hydrogens (tertiary/aromatic N) is 1. The number of H-pyrrole nitrogens is 1. The highest BCUT2D eigenvalue weighted by molar-refractivity contribution is 7.10. The SMILES string of the molecule is CN(C)C(c1cccs1)C1CCC2(CC1)NCCc1c2[nH]c2ccccc12. The lowest BCUT2D eigenvalue weighted by Gasteiger charge is -2.46. The van der Waals surface area contributed by atoms with Gasteiger partial charge in [0.2, 0.25) is 0 Å². The number of hydrogen-bond acceptors (Lipinski definition) is 3. The van der Waals surface area contributed by atoms with Crippen LogP contribution in [0.25, 0.3) is 10.9 Å². The second-order valence-corrected chi connectivity index (χ2v) is 9.52. The first-order chi connectivity index (χ1) is 13.2. The summed E-state index contributed by atoms with van der Waals surface area (Å²) in [4.78, 5) is 7.75. The molecule has 1 saturated carbocycles. The number of para-hydroxylation sites is 1. The van der Waals surface area contributed by atoms with E-state index in [1.54, 1.807) is 5.56 Å². The number of thiophene rings is 1.